The maximum Gasteiger partial charge on any atom is 0.316 e. The predicted octanol–water partition coefficient (Wildman–Crippen LogP) is 2.17. The van der Waals surface area contributed by atoms with Crippen LogP contribution in [0.3, 0.4) is 0 Å². The number of carboxylic acid groups (broad SMARTS) is 1. The molecule has 1 rings (SSSR count). The van der Waals surface area contributed by atoms with E-state index in [1.54, 1.807) is 0 Å². The van der Waals surface area contributed by atoms with Gasteiger partial charge in [-0.2, -0.15) is 12.6 Å². The molecule has 1 aromatic rings. The molecule has 2 nitrogen and oxygen atoms in total. The van der Waals surface area contributed by atoms with Gasteiger partial charge in [0, 0.05) is 0 Å². The molecule has 0 aliphatic heterocycles. The fourth-order valence-electron chi connectivity index (χ4n) is 1.22. The molecule has 76 valence electrons. The molecule has 0 radical (unpaired) electrons. The average molecular weight is 210 g/mol. The molecule has 1 atom stereocenters. The summed E-state index contributed by atoms with van der Waals surface area (Å²) in [5.74, 6) is -0.868. The van der Waals surface area contributed by atoms with Crippen LogP contribution in [0.25, 0.3) is 0 Å². The third-order valence-corrected chi connectivity index (χ3v) is 2.55. The minimum Gasteiger partial charge on any atom is -0.480 e. The molecule has 14 heavy (non-hydrogen) atoms. The van der Waals surface area contributed by atoms with E-state index in [1.807, 2.05) is 24.3 Å². The Morgan fingerprint density at radius 1 is 1.36 bits per heavy atom. The fraction of sp³-hybridized carbons (Fsp3) is 0.364. The molecule has 0 heterocycles. The Morgan fingerprint density at radius 2 is 1.86 bits per heavy atom. The molecule has 0 bridgehead atoms. The number of hydrogen-bond acceptors (Lipinski definition) is 2. The Bertz CT molecular complexity index is 306. The number of carboxylic acids is 1. The molecule has 0 amide bonds. The van der Waals surface area contributed by atoms with Crippen molar-refractivity contribution in [3.63, 3.8) is 0 Å². The minimum atomic E-state index is -0.868. The SMILES string of the molecule is CCc1ccc(CC(S)C(=O)O)cc1. The lowest BCUT2D eigenvalue weighted by atomic mass is 10.1. The van der Waals surface area contributed by atoms with E-state index in [0.29, 0.717) is 6.42 Å². The van der Waals surface area contributed by atoms with Crippen LogP contribution in [-0.4, -0.2) is 16.3 Å². The van der Waals surface area contributed by atoms with Crippen LogP contribution in [0.2, 0.25) is 0 Å². The maximum atomic E-state index is 10.6. The van der Waals surface area contributed by atoms with Gasteiger partial charge in [0.15, 0.2) is 0 Å². The number of carbonyl (C=O) groups is 1. The lowest BCUT2D eigenvalue weighted by molar-refractivity contribution is -0.136. The van der Waals surface area contributed by atoms with E-state index in [4.69, 9.17) is 5.11 Å². The standard InChI is InChI=1S/C11H14O2S/c1-2-8-3-5-9(6-4-8)7-10(14)11(12)13/h3-6,10,14H,2,7H2,1H3,(H,12,13). The van der Waals surface area contributed by atoms with Crippen molar-refractivity contribution in [3.05, 3.63) is 35.4 Å². The summed E-state index contributed by atoms with van der Waals surface area (Å²) in [6, 6.07) is 7.98. The molecule has 1 aromatic carbocycles. The van der Waals surface area contributed by atoms with Gasteiger partial charge in [-0.25, -0.2) is 0 Å². The molecule has 0 spiro atoms. The second-order valence-electron chi connectivity index (χ2n) is 3.23. The van der Waals surface area contributed by atoms with Crippen LogP contribution in [0, 0.1) is 0 Å². The molecule has 0 fully saturated rings. The molecule has 1 N–H and O–H groups in total. The monoisotopic (exact) mass is 210 g/mol. The van der Waals surface area contributed by atoms with Gasteiger partial charge < -0.3 is 5.11 Å². The van der Waals surface area contributed by atoms with Crippen molar-refractivity contribution in [2.24, 2.45) is 0 Å². The molecule has 0 aliphatic rings. The molecule has 0 aliphatic carbocycles. The highest BCUT2D eigenvalue weighted by molar-refractivity contribution is 7.81. The zero-order valence-corrected chi connectivity index (χ0v) is 9.00. The van der Waals surface area contributed by atoms with Crippen molar-refractivity contribution in [3.8, 4) is 0 Å². The molecule has 0 saturated carbocycles. The first-order valence-electron chi connectivity index (χ1n) is 4.62. The number of thiol groups is 1. The number of aliphatic carboxylic acids is 1. The summed E-state index contributed by atoms with van der Waals surface area (Å²) in [4.78, 5) is 10.6. The van der Waals surface area contributed by atoms with Gasteiger partial charge in [0.2, 0.25) is 0 Å². The third kappa shape index (κ3) is 3.07. The van der Waals surface area contributed by atoms with Gasteiger partial charge in [0.1, 0.15) is 5.25 Å². The first-order valence-corrected chi connectivity index (χ1v) is 5.13. The van der Waals surface area contributed by atoms with E-state index < -0.39 is 11.2 Å². The Kier molecular flexibility index (Phi) is 4.01. The molecule has 0 saturated heterocycles. The van der Waals surface area contributed by atoms with Crippen molar-refractivity contribution >= 4 is 18.6 Å². The lowest BCUT2D eigenvalue weighted by Crippen LogP contribution is -2.16. The van der Waals surface area contributed by atoms with Crippen LogP contribution in [0.4, 0.5) is 0 Å². The summed E-state index contributed by atoms with van der Waals surface area (Å²) in [5, 5.41) is 8.06. The highest BCUT2D eigenvalue weighted by Gasteiger charge is 2.11. The second kappa shape index (κ2) is 5.05. The molecule has 3 heteroatoms. The van der Waals surface area contributed by atoms with E-state index in [9.17, 15) is 4.79 Å². The minimum absolute atomic E-state index is 0.475. The van der Waals surface area contributed by atoms with E-state index in [1.165, 1.54) is 5.56 Å². The Hall–Kier alpha value is -0.960. The number of hydrogen-bond donors (Lipinski definition) is 2. The average Bonchev–Trinajstić information content (AvgIpc) is 2.19. The normalized spacial score (nSPS) is 12.4. The van der Waals surface area contributed by atoms with Gasteiger partial charge in [-0.15, -0.1) is 0 Å². The second-order valence-corrected chi connectivity index (χ2v) is 3.85. The fourth-order valence-corrected chi connectivity index (χ4v) is 1.43. The van der Waals surface area contributed by atoms with Gasteiger partial charge in [0.25, 0.3) is 0 Å². The summed E-state index contributed by atoms with van der Waals surface area (Å²) in [7, 11) is 0. The molecular formula is C11H14O2S. The van der Waals surface area contributed by atoms with Crippen LogP contribution < -0.4 is 0 Å². The molecular weight excluding hydrogens is 196 g/mol. The van der Waals surface area contributed by atoms with Gasteiger partial charge in [-0.05, 0) is 24.0 Å². The Morgan fingerprint density at radius 3 is 2.29 bits per heavy atom. The first kappa shape index (κ1) is 11.1. The smallest absolute Gasteiger partial charge is 0.316 e. The summed E-state index contributed by atoms with van der Waals surface area (Å²) >= 11 is 3.99. The number of rotatable bonds is 4. The summed E-state index contributed by atoms with van der Waals surface area (Å²) < 4.78 is 0. The Labute approximate surface area is 89.4 Å². The zero-order valence-electron chi connectivity index (χ0n) is 8.10. The maximum absolute atomic E-state index is 10.6. The molecule has 1 unspecified atom stereocenters. The third-order valence-electron chi connectivity index (χ3n) is 2.15. The van der Waals surface area contributed by atoms with E-state index >= 15 is 0 Å². The number of aryl methyl sites for hydroxylation is 1. The van der Waals surface area contributed by atoms with Gasteiger partial charge in [0.05, 0.1) is 0 Å². The van der Waals surface area contributed by atoms with Gasteiger partial charge >= 0.3 is 5.97 Å². The van der Waals surface area contributed by atoms with Crippen LogP contribution in [0.15, 0.2) is 24.3 Å². The van der Waals surface area contributed by atoms with Crippen molar-refractivity contribution in [2.75, 3.05) is 0 Å². The lowest BCUT2D eigenvalue weighted by Gasteiger charge is -2.05. The van der Waals surface area contributed by atoms with Crippen molar-refractivity contribution in [2.45, 2.75) is 25.0 Å². The van der Waals surface area contributed by atoms with Crippen LogP contribution in [-0.2, 0) is 17.6 Å². The van der Waals surface area contributed by atoms with Crippen LogP contribution in [0.5, 0.6) is 0 Å². The van der Waals surface area contributed by atoms with E-state index in [2.05, 4.69) is 19.6 Å². The topological polar surface area (TPSA) is 37.3 Å². The van der Waals surface area contributed by atoms with E-state index in [0.717, 1.165) is 12.0 Å². The molecule has 0 aromatic heterocycles. The highest BCUT2D eigenvalue weighted by atomic mass is 32.1. The quantitative estimate of drug-likeness (QED) is 0.747. The van der Waals surface area contributed by atoms with Crippen molar-refractivity contribution in [1.29, 1.82) is 0 Å². The first-order chi connectivity index (χ1) is 6.63. The summed E-state index contributed by atoms with van der Waals surface area (Å²) in [5.41, 5.74) is 2.28. The van der Waals surface area contributed by atoms with Crippen molar-refractivity contribution < 1.29 is 9.90 Å². The highest BCUT2D eigenvalue weighted by Crippen LogP contribution is 2.10. The number of benzene rings is 1. The summed E-state index contributed by atoms with van der Waals surface area (Å²) in [6.45, 7) is 2.09. The largest absolute Gasteiger partial charge is 0.480 e. The van der Waals surface area contributed by atoms with Crippen molar-refractivity contribution in [1.82, 2.24) is 0 Å². The van der Waals surface area contributed by atoms with Crippen LogP contribution >= 0.6 is 12.6 Å². The zero-order chi connectivity index (χ0) is 10.6. The predicted molar refractivity (Wildman–Crippen MR) is 59.9 cm³/mol. The van der Waals surface area contributed by atoms with E-state index in [-0.39, 0.29) is 0 Å². The van der Waals surface area contributed by atoms with Gasteiger partial charge in [-0.1, -0.05) is 31.2 Å². The summed E-state index contributed by atoms with van der Waals surface area (Å²) in [6.07, 6.45) is 1.48. The van der Waals surface area contributed by atoms with Gasteiger partial charge in [-0.3, -0.25) is 4.79 Å². The Balaban J connectivity index is 2.64. The van der Waals surface area contributed by atoms with Crippen LogP contribution in [0.1, 0.15) is 18.1 Å².